The van der Waals surface area contributed by atoms with E-state index in [2.05, 4.69) is 23.2 Å². The van der Waals surface area contributed by atoms with Crippen molar-refractivity contribution in [2.24, 2.45) is 11.0 Å². The van der Waals surface area contributed by atoms with Gasteiger partial charge in [-0.05, 0) is 57.2 Å². The second kappa shape index (κ2) is 7.77. The van der Waals surface area contributed by atoms with Crippen molar-refractivity contribution in [3.63, 3.8) is 0 Å². The monoisotopic (exact) mass is 312 g/mol. The van der Waals surface area contributed by atoms with E-state index in [9.17, 15) is 4.79 Å². The molecule has 4 heteroatoms. The highest BCUT2D eigenvalue weighted by atomic mass is 16.5. The Balaban J connectivity index is 1.87. The van der Waals surface area contributed by atoms with Crippen LogP contribution in [0.25, 0.3) is 0 Å². The smallest absolute Gasteiger partial charge is 0.277 e. The van der Waals surface area contributed by atoms with E-state index in [-0.39, 0.29) is 12.5 Å². The number of aryl methyl sites for hydroxylation is 1. The lowest BCUT2D eigenvalue weighted by Gasteiger charge is -2.22. The lowest BCUT2D eigenvalue weighted by molar-refractivity contribution is -0.123. The van der Waals surface area contributed by atoms with E-state index in [1.54, 1.807) is 0 Å². The minimum Gasteiger partial charge on any atom is -0.484 e. The molecule has 0 saturated heterocycles. The van der Waals surface area contributed by atoms with Crippen molar-refractivity contribution in [3.05, 3.63) is 53.6 Å². The first-order chi connectivity index (χ1) is 11.0. The highest BCUT2D eigenvalue weighted by Gasteiger charge is 2.18. The molecule has 23 heavy (non-hydrogen) atoms. The normalized spacial score (nSPS) is 19.2. The molecule has 0 aromatic heterocycles. The van der Waals surface area contributed by atoms with E-state index >= 15 is 0 Å². The Bertz CT molecular complexity index is 642. The zero-order valence-electron chi connectivity index (χ0n) is 14.1. The number of nitrogens with one attached hydrogen (secondary N) is 1. The first kappa shape index (κ1) is 17.0. The van der Waals surface area contributed by atoms with Crippen LogP contribution in [0.1, 0.15) is 32.3 Å². The van der Waals surface area contributed by atoms with Crippen LogP contribution >= 0.6 is 0 Å². The summed E-state index contributed by atoms with van der Waals surface area (Å²) in [5.74, 6) is 0.816. The highest BCUT2D eigenvalue weighted by molar-refractivity contribution is 6.01. The number of allylic oxidation sites excluding steroid dienone is 3. The van der Waals surface area contributed by atoms with Gasteiger partial charge in [-0.25, -0.2) is 5.43 Å². The van der Waals surface area contributed by atoms with Gasteiger partial charge in [-0.3, -0.25) is 4.79 Å². The van der Waals surface area contributed by atoms with E-state index in [0.29, 0.717) is 11.7 Å². The summed E-state index contributed by atoms with van der Waals surface area (Å²) in [6, 6.07) is 7.59. The highest BCUT2D eigenvalue weighted by Crippen LogP contribution is 2.26. The van der Waals surface area contributed by atoms with Gasteiger partial charge in [0.25, 0.3) is 5.91 Å². The molecule has 0 fully saturated rings. The van der Waals surface area contributed by atoms with Crippen molar-refractivity contribution in [3.8, 4) is 5.75 Å². The van der Waals surface area contributed by atoms with Crippen molar-refractivity contribution >= 4 is 11.6 Å². The number of benzene rings is 1. The summed E-state index contributed by atoms with van der Waals surface area (Å²) in [6.45, 7) is 10.0. The van der Waals surface area contributed by atoms with E-state index in [4.69, 9.17) is 4.74 Å². The van der Waals surface area contributed by atoms with Crippen LogP contribution in [0.5, 0.6) is 5.75 Å². The van der Waals surface area contributed by atoms with Gasteiger partial charge in [0.05, 0.1) is 5.71 Å². The van der Waals surface area contributed by atoms with E-state index in [1.165, 1.54) is 0 Å². The number of hydrogen-bond acceptors (Lipinski definition) is 3. The SMILES string of the molecule is C=C(C)C1CC=C(C)/C(=N\NC(=O)COc2ccc(C)cc2)C1. The van der Waals surface area contributed by atoms with Gasteiger partial charge in [0, 0.05) is 0 Å². The van der Waals surface area contributed by atoms with Crippen LogP contribution < -0.4 is 10.2 Å². The second-order valence-corrected chi connectivity index (χ2v) is 6.07. The van der Waals surface area contributed by atoms with E-state index in [1.807, 2.05) is 45.0 Å². The molecule has 1 aromatic carbocycles. The van der Waals surface area contributed by atoms with Crippen molar-refractivity contribution in [2.45, 2.75) is 33.6 Å². The van der Waals surface area contributed by atoms with E-state index < -0.39 is 0 Å². The molecule has 1 N–H and O–H groups in total. The van der Waals surface area contributed by atoms with Crippen LogP contribution in [0.3, 0.4) is 0 Å². The molecule has 1 aliphatic rings. The Morgan fingerprint density at radius 1 is 1.35 bits per heavy atom. The maximum absolute atomic E-state index is 11.9. The van der Waals surface area contributed by atoms with Gasteiger partial charge in [-0.2, -0.15) is 5.10 Å². The minimum absolute atomic E-state index is 0.0491. The van der Waals surface area contributed by atoms with Gasteiger partial charge in [-0.15, -0.1) is 0 Å². The molecule has 0 aliphatic heterocycles. The molecule has 0 heterocycles. The standard InChI is InChI=1S/C19H24N2O2/c1-13(2)16-8-7-15(4)18(11-16)20-21-19(22)12-23-17-9-5-14(3)6-10-17/h5-7,9-10,16H,1,8,11-12H2,2-4H3,(H,21,22)/b20-18-. The number of hydrazone groups is 1. The Labute approximate surface area is 137 Å². The third kappa shape index (κ3) is 5.09. The van der Waals surface area contributed by atoms with Crippen LogP contribution in [-0.2, 0) is 4.79 Å². The molecule has 0 bridgehead atoms. The summed E-state index contributed by atoms with van der Waals surface area (Å²) < 4.78 is 5.44. The number of ether oxygens (including phenoxy) is 1. The summed E-state index contributed by atoms with van der Waals surface area (Å²) in [7, 11) is 0. The van der Waals surface area contributed by atoms with Crippen LogP contribution in [0.15, 0.2) is 53.2 Å². The molecule has 0 spiro atoms. The number of amides is 1. The minimum atomic E-state index is -0.261. The molecule has 1 aromatic rings. The molecule has 1 atom stereocenters. The summed E-state index contributed by atoms with van der Waals surface area (Å²) in [4.78, 5) is 11.9. The number of hydrogen-bond donors (Lipinski definition) is 1. The van der Waals surface area contributed by atoms with Gasteiger partial charge in [-0.1, -0.05) is 35.9 Å². The van der Waals surface area contributed by atoms with E-state index in [0.717, 1.165) is 35.3 Å². The predicted molar refractivity (Wildman–Crippen MR) is 93.5 cm³/mol. The maximum Gasteiger partial charge on any atom is 0.277 e. The Morgan fingerprint density at radius 2 is 2.04 bits per heavy atom. The molecule has 4 nitrogen and oxygen atoms in total. The van der Waals surface area contributed by atoms with Gasteiger partial charge >= 0.3 is 0 Å². The zero-order chi connectivity index (χ0) is 16.8. The number of rotatable bonds is 5. The topological polar surface area (TPSA) is 50.7 Å². The third-order valence-corrected chi connectivity index (χ3v) is 4.01. The summed E-state index contributed by atoms with van der Waals surface area (Å²) in [5.41, 5.74) is 6.90. The Kier molecular flexibility index (Phi) is 5.74. The Morgan fingerprint density at radius 3 is 2.70 bits per heavy atom. The van der Waals surface area contributed by atoms with Gasteiger partial charge < -0.3 is 4.74 Å². The third-order valence-electron chi connectivity index (χ3n) is 4.01. The molecule has 0 saturated carbocycles. The zero-order valence-corrected chi connectivity index (χ0v) is 14.1. The van der Waals surface area contributed by atoms with Crippen molar-refractivity contribution < 1.29 is 9.53 Å². The summed E-state index contributed by atoms with van der Waals surface area (Å²) in [5, 5.41) is 4.25. The Hall–Kier alpha value is -2.36. The number of carbonyl (C=O) groups is 1. The fourth-order valence-electron chi connectivity index (χ4n) is 2.37. The van der Waals surface area contributed by atoms with Gasteiger partial charge in [0.1, 0.15) is 5.75 Å². The van der Waals surface area contributed by atoms with Crippen molar-refractivity contribution in [1.29, 1.82) is 0 Å². The molecule has 1 amide bonds. The van der Waals surface area contributed by atoms with Crippen LogP contribution in [0, 0.1) is 12.8 Å². The fraction of sp³-hybridized carbons (Fsp3) is 0.368. The first-order valence-electron chi connectivity index (χ1n) is 7.83. The molecule has 2 rings (SSSR count). The van der Waals surface area contributed by atoms with Crippen LogP contribution in [0.2, 0.25) is 0 Å². The fourth-order valence-corrected chi connectivity index (χ4v) is 2.37. The predicted octanol–water partition coefficient (Wildman–Crippen LogP) is 3.78. The van der Waals surface area contributed by atoms with Gasteiger partial charge in [0.15, 0.2) is 6.61 Å². The van der Waals surface area contributed by atoms with Crippen molar-refractivity contribution in [1.82, 2.24) is 5.43 Å². The molecule has 0 radical (unpaired) electrons. The number of carbonyl (C=O) groups excluding carboxylic acids is 1. The van der Waals surface area contributed by atoms with Crippen LogP contribution in [0.4, 0.5) is 0 Å². The molecule has 122 valence electrons. The van der Waals surface area contributed by atoms with Crippen molar-refractivity contribution in [2.75, 3.05) is 6.61 Å². The summed E-state index contributed by atoms with van der Waals surface area (Å²) >= 11 is 0. The molecular formula is C19H24N2O2. The lowest BCUT2D eigenvalue weighted by atomic mass is 9.85. The first-order valence-corrected chi connectivity index (χ1v) is 7.83. The van der Waals surface area contributed by atoms with Gasteiger partial charge in [0.2, 0.25) is 0 Å². The number of nitrogens with zero attached hydrogens (tertiary/aromatic N) is 1. The quantitative estimate of drug-likeness (QED) is 0.664. The molecule has 1 unspecified atom stereocenters. The maximum atomic E-state index is 11.9. The lowest BCUT2D eigenvalue weighted by Crippen LogP contribution is -2.27. The molecular weight excluding hydrogens is 288 g/mol. The largest absolute Gasteiger partial charge is 0.484 e. The average Bonchev–Trinajstić information content (AvgIpc) is 2.53. The average molecular weight is 312 g/mol. The van der Waals surface area contributed by atoms with Crippen LogP contribution in [-0.4, -0.2) is 18.2 Å². The summed E-state index contributed by atoms with van der Waals surface area (Å²) in [6.07, 6.45) is 3.96. The molecule has 1 aliphatic carbocycles. The second-order valence-electron chi connectivity index (χ2n) is 6.07.